The molecule has 2 aromatic heterocycles. The molecule has 0 amide bonds. The Labute approximate surface area is 158 Å². The van der Waals surface area contributed by atoms with Gasteiger partial charge in [-0.3, -0.25) is 9.97 Å². The molecule has 3 aromatic rings. The van der Waals surface area contributed by atoms with Crippen molar-refractivity contribution in [2.75, 3.05) is 0 Å². The molecular formula is C16H8N4PtS2. The molecule has 0 bridgehead atoms. The van der Waals surface area contributed by atoms with Gasteiger partial charge in [0.25, 0.3) is 0 Å². The summed E-state index contributed by atoms with van der Waals surface area (Å²) in [4.78, 5) is 8.69. The number of nitrogens with zero attached hydrogens (tertiary/aromatic N) is 4. The molecule has 2 heterocycles. The molecule has 114 valence electrons. The molecule has 4 nitrogen and oxygen atoms in total. The molecule has 0 aliphatic heterocycles. The Bertz CT molecular complexity index is 867. The van der Waals surface area contributed by atoms with Gasteiger partial charge in [0.1, 0.15) is 12.1 Å². The van der Waals surface area contributed by atoms with Crippen LogP contribution in [0.25, 0.3) is 21.8 Å². The van der Waals surface area contributed by atoms with E-state index in [1.54, 1.807) is 24.5 Å². The predicted molar refractivity (Wildman–Crippen MR) is 90.0 cm³/mol. The predicted octanol–water partition coefficient (Wildman–Crippen LogP) is 3.12. The van der Waals surface area contributed by atoms with E-state index in [9.17, 15) is 0 Å². The Morgan fingerprint density at radius 1 is 0.826 bits per heavy atom. The van der Waals surface area contributed by atoms with Gasteiger partial charge in [-0.25, -0.2) is 0 Å². The maximum atomic E-state index is 8.03. The second-order valence-electron chi connectivity index (χ2n) is 4.10. The molecule has 0 aliphatic rings. The fraction of sp³-hybridized carbons (Fsp3) is 0. The van der Waals surface area contributed by atoms with Crippen LogP contribution in [0.3, 0.4) is 0 Å². The zero-order valence-corrected chi connectivity index (χ0v) is 15.4. The van der Waals surface area contributed by atoms with Crippen molar-refractivity contribution in [1.82, 2.24) is 9.97 Å². The second kappa shape index (κ2) is 9.12. The average molecular weight is 515 g/mol. The van der Waals surface area contributed by atoms with Gasteiger partial charge < -0.3 is 29.5 Å². The molecule has 0 saturated heterocycles. The second-order valence-corrected chi connectivity index (χ2v) is 5.18. The normalized spacial score (nSPS) is 8.78. The first-order valence-electron chi connectivity index (χ1n) is 6.14. The fourth-order valence-electron chi connectivity index (χ4n) is 1.80. The van der Waals surface area contributed by atoms with E-state index in [0.717, 1.165) is 21.8 Å². The first-order chi connectivity index (χ1) is 10.7. The van der Waals surface area contributed by atoms with E-state index in [2.05, 4.69) is 59.5 Å². The molecule has 7 heteroatoms. The number of fused-ring (bicyclic) bond motifs is 3. The summed E-state index contributed by atoms with van der Waals surface area (Å²) in [5, 5.41) is 18.3. The van der Waals surface area contributed by atoms with E-state index in [-0.39, 0.29) is 30.9 Å². The molecule has 1 aromatic carbocycles. The molecule has 0 fully saturated rings. The summed E-state index contributed by atoms with van der Waals surface area (Å²) >= 11 is 8.70. The number of allylic oxidation sites excluding steroid dienone is 1. The maximum absolute atomic E-state index is 8.03. The van der Waals surface area contributed by atoms with Crippen molar-refractivity contribution in [1.29, 1.82) is 10.5 Å². The van der Waals surface area contributed by atoms with Gasteiger partial charge in [-0.2, -0.15) is 10.5 Å². The molecule has 0 saturated carbocycles. The SMILES string of the molecule is N#CC(C#N)=C([S-])[S-].[Pt+2].c1cnc2c(c1)ccc1cccnc12. The fourth-order valence-corrected chi connectivity index (χ4v) is 1.98. The minimum Gasteiger partial charge on any atom is -0.805 e. The zero-order valence-electron chi connectivity index (χ0n) is 11.5. The molecule has 3 rings (SSSR count). The van der Waals surface area contributed by atoms with Crippen molar-refractivity contribution in [3.8, 4) is 12.1 Å². The molecule has 0 aliphatic carbocycles. The van der Waals surface area contributed by atoms with Gasteiger partial charge >= 0.3 is 21.1 Å². The number of aromatic nitrogens is 2. The van der Waals surface area contributed by atoms with Crippen molar-refractivity contribution in [2.24, 2.45) is 0 Å². The Kier molecular flexibility index (Phi) is 7.51. The van der Waals surface area contributed by atoms with E-state index in [4.69, 9.17) is 10.5 Å². The van der Waals surface area contributed by atoms with Gasteiger partial charge in [-0.15, -0.1) is 0 Å². The molecule has 23 heavy (non-hydrogen) atoms. The van der Waals surface area contributed by atoms with Crippen molar-refractivity contribution in [3.05, 3.63) is 58.6 Å². The van der Waals surface area contributed by atoms with Crippen LogP contribution < -0.4 is 0 Å². The van der Waals surface area contributed by atoms with Crippen molar-refractivity contribution in [2.45, 2.75) is 0 Å². The first-order valence-corrected chi connectivity index (χ1v) is 6.96. The van der Waals surface area contributed by atoms with Gasteiger partial charge in [0.15, 0.2) is 0 Å². The summed E-state index contributed by atoms with van der Waals surface area (Å²) in [6.07, 6.45) is 3.60. The topological polar surface area (TPSA) is 73.4 Å². The number of benzene rings is 1. The quantitative estimate of drug-likeness (QED) is 0.260. The zero-order chi connectivity index (χ0) is 15.9. The van der Waals surface area contributed by atoms with Crippen LogP contribution in [-0.2, 0) is 46.3 Å². The van der Waals surface area contributed by atoms with Crippen LogP contribution in [0, 0.1) is 22.7 Å². The van der Waals surface area contributed by atoms with Crippen LogP contribution in [0.1, 0.15) is 0 Å². The maximum Gasteiger partial charge on any atom is 2.00 e. The number of nitriles is 2. The van der Waals surface area contributed by atoms with Gasteiger partial charge in [0, 0.05) is 23.2 Å². The van der Waals surface area contributed by atoms with Crippen molar-refractivity contribution >= 4 is 47.1 Å². The molecule has 0 spiro atoms. The Balaban J connectivity index is 0.000000258. The summed E-state index contributed by atoms with van der Waals surface area (Å²) in [6.45, 7) is 0. The number of hydrogen-bond acceptors (Lipinski definition) is 6. The van der Waals surface area contributed by atoms with Crippen LogP contribution >= 0.6 is 0 Å². The van der Waals surface area contributed by atoms with Crippen LogP contribution in [0.4, 0.5) is 0 Å². The summed E-state index contributed by atoms with van der Waals surface area (Å²) in [5.41, 5.74) is 1.80. The third-order valence-corrected chi connectivity index (χ3v) is 3.18. The smallest absolute Gasteiger partial charge is 0.805 e. The Morgan fingerprint density at radius 3 is 1.57 bits per heavy atom. The van der Waals surface area contributed by atoms with E-state index in [1.165, 1.54) is 0 Å². The van der Waals surface area contributed by atoms with Crippen LogP contribution in [0.2, 0.25) is 0 Å². The minimum atomic E-state index is -0.157. The molecule has 0 unspecified atom stereocenters. The summed E-state index contributed by atoms with van der Waals surface area (Å²) in [5.74, 6) is 0. The number of hydrogen-bond donors (Lipinski definition) is 0. The van der Waals surface area contributed by atoms with E-state index < -0.39 is 0 Å². The minimum absolute atomic E-state index is 0. The number of rotatable bonds is 0. The van der Waals surface area contributed by atoms with Crippen molar-refractivity contribution in [3.63, 3.8) is 0 Å². The Morgan fingerprint density at radius 2 is 1.26 bits per heavy atom. The van der Waals surface area contributed by atoms with Gasteiger partial charge in [0.05, 0.1) is 16.6 Å². The summed E-state index contributed by atoms with van der Waals surface area (Å²) in [7, 11) is 0. The van der Waals surface area contributed by atoms with Gasteiger partial charge in [0.2, 0.25) is 0 Å². The van der Waals surface area contributed by atoms with Gasteiger partial charge in [-0.1, -0.05) is 24.3 Å². The van der Waals surface area contributed by atoms with Gasteiger partial charge in [-0.05, 0) is 12.1 Å². The molecule has 0 atom stereocenters. The summed E-state index contributed by atoms with van der Waals surface area (Å²) < 4.78 is -0.0602. The van der Waals surface area contributed by atoms with Crippen LogP contribution in [-0.4, -0.2) is 9.97 Å². The molecule has 0 radical (unpaired) electrons. The van der Waals surface area contributed by atoms with Crippen molar-refractivity contribution < 1.29 is 21.1 Å². The summed E-state index contributed by atoms with van der Waals surface area (Å²) in [6, 6.07) is 15.3. The molecular weight excluding hydrogens is 507 g/mol. The third-order valence-electron chi connectivity index (χ3n) is 2.77. The first kappa shape index (κ1) is 18.9. The Hall–Kier alpha value is -2.11. The van der Waals surface area contributed by atoms with Crippen LogP contribution in [0.15, 0.2) is 58.6 Å². The largest absolute Gasteiger partial charge is 2.00 e. The number of pyridine rings is 2. The molecule has 0 N–H and O–H groups in total. The van der Waals surface area contributed by atoms with E-state index in [0.29, 0.717) is 0 Å². The standard InChI is InChI=1S/C12H8N2.C4H2N2S2.Pt/c1-3-9-5-6-10-4-2-8-14-12(10)11(9)13-7-1;5-1-3(2-6)4(7)8;/h1-8H;7-8H;/q;;+2/p-2. The van der Waals surface area contributed by atoms with E-state index >= 15 is 0 Å². The van der Waals surface area contributed by atoms with Crippen LogP contribution in [0.5, 0.6) is 0 Å². The monoisotopic (exact) mass is 515 g/mol. The average Bonchev–Trinajstić information content (AvgIpc) is 2.56. The van der Waals surface area contributed by atoms with E-state index in [1.807, 2.05) is 12.1 Å². The third kappa shape index (κ3) is 4.68.